The lowest BCUT2D eigenvalue weighted by Crippen LogP contribution is -2.17. The lowest BCUT2D eigenvalue weighted by atomic mass is 9.74. The van der Waals surface area contributed by atoms with Crippen molar-refractivity contribution < 1.29 is 10.2 Å². The van der Waals surface area contributed by atoms with E-state index in [1.807, 2.05) is 6.92 Å². The second-order valence-corrected chi connectivity index (χ2v) is 5.83. The Morgan fingerprint density at radius 3 is 2.43 bits per heavy atom. The predicted octanol–water partition coefficient (Wildman–Crippen LogP) is 4.49. The van der Waals surface area contributed by atoms with Crippen molar-refractivity contribution in [3.8, 4) is 23.3 Å². The molecule has 2 N–H and O–H groups in total. The molecule has 1 aliphatic rings. The maximum atomic E-state index is 10.4. The molecule has 0 aromatic heterocycles. The fraction of sp³-hybridized carbons (Fsp3) is 0.368. The molecule has 1 aromatic rings. The van der Waals surface area contributed by atoms with E-state index < -0.39 is 0 Å². The second kappa shape index (κ2) is 6.10. The van der Waals surface area contributed by atoms with Gasteiger partial charge in [0.2, 0.25) is 0 Å². The summed E-state index contributed by atoms with van der Waals surface area (Å²) < 4.78 is 0. The van der Waals surface area contributed by atoms with Gasteiger partial charge < -0.3 is 10.2 Å². The maximum Gasteiger partial charge on any atom is 0.124 e. The van der Waals surface area contributed by atoms with Gasteiger partial charge in [-0.3, -0.25) is 0 Å². The Morgan fingerprint density at radius 1 is 1.29 bits per heavy atom. The van der Waals surface area contributed by atoms with Crippen LogP contribution >= 0.6 is 0 Å². The average molecular weight is 282 g/mol. The first-order chi connectivity index (χ1) is 9.93. The molecule has 1 aromatic carbocycles. The molecule has 0 saturated carbocycles. The van der Waals surface area contributed by atoms with Crippen LogP contribution in [0.25, 0.3) is 0 Å². The van der Waals surface area contributed by atoms with Crippen LogP contribution in [0.1, 0.15) is 50.7 Å². The molecular formula is C19H22O2. The Morgan fingerprint density at radius 2 is 1.90 bits per heavy atom. The molecule has 0 saturated heterocycles. The highest BCUT2D eigenvalue weighted by Crippen LogP contribution is 2.46. The number of phenols is 2. The Bertz CT molecular complexity index is 633. The topological polar surface area (TPSA) is 40.5 Å². The number of aromatic hydroxyl groups is 2. The number of phenolic OH excluding ortho intramolecular Hbond substituents is 2. The van der Waals surface area contributed by atoms with E-state index in [1.54, 1.807) is 19.1 Å². The Hall–Kier alpha value is -2.14. The first-order valence-corrected chi connectivity index (χ1v) is 7.25. The summed E-state index contributed by atoms with van der Waals surface area (Å²) in [6, 6.07) is 3.25. The van der Waals surface area contributed by atoms with Crippen molar-refractivity contribution in [2.24, 2.45) is 5.92 Å². The van der Waals surface area contributed by atoms with Gasteiger partial charge in [0.15, 0.2) is 0 Å². The van der Waals surface area contributed by atoms with E-state index >= 15 is 0 Å². The monoisotopic (exact) mass is 282 g/mol. The Labute approximate surface area is 126 Å². The second-order valence-electron chi connectivity index (χ2n) is 5.83. The molecule has 0 aliphatic heterocycles. The van der Waals surface area contributed by atoms with Gasteiger partial charge >= 0.3 is 0 Å². The molecule has 0 heterocycles. The van der Waals surface area contributed by atoms with Gasteiger partial charge in [-0.05, 0) is 51.7 Å². The minimum atomic E-state index is -0.0279. The zero-order valence-corrected chi connectivity index (χ0v) is 12.9. The van der Waals surface area contributed by atoms with Gasteiger partial charge in [0, 0.05) is 17.0 Å². The van der Waals surface area contributed by atoms with Crippen LogP contribution in [-0.4, -0.2) is 10.2 Å². The zero-order chi connectivity index (χ0) is 15.6. The minimum absolute atomic E-state index is 0.0279. The van der Waals surface area contributed by atoms with E-state index in [-0.39, 0.29) is 23.3 Å². The minimum Gasteiger partial charge on any atom is -0.507 e. The highest BCUT2D eigenvalue weighted by Gasteiger charge is 2.29. The number of rotatable bonds is 2. The van der Waals surface area contributed by atoms with Gasteiger partial charge in [0.25, 0.3) is 0 Å². The summed E-state index contributed by atoms with van der Waals surface area (Å²) in [7, 11) is 0. The van der Waals surface area contributed by atoms with Crippen molar-refractivity contribution in [2.75, 3.05) is 0 Å². The molecule has 1 aliphatic carbocycles. The predicted molar refractivity (Wildman–Crippen MR) is 86.4 cm³/mol. The molecule has 2 heteroatoms. The van der Waals surface area contributed by atoms with Crippen molar-refractivity contribution in [1.29, 1.82) is 0 Å². The Balaban J connectivity index is 2.54. The molecule has 0 unspecified atom stereocenters. The van der Waals surface area contributed by atoms with Crippen molar-refractivity contribution in [2.45, 2.75) is 39.5 Å². The number of hydrogen-bond donors (Lipinski definition) is 2. The van der Waals surface area contributed by atoms with E-state index in [1.165, 1.54) is 5.57 Å². The van der Waals surface area contributed by atoms with Gasteiger partial charge in [0.05, 0.1) is 0 Å². The van der Waals surface area contributed by atoms with Crippen molar-refractivity contribution in [1.82, 2.24) is 0 Å². The lowest BCUT2D eigenvalue weighted by Gasteiger charge is -2.31. The summed E-state index contributed by atoms with van der Waals surface area (Å²) in [6.45, 7) is 9.90. The molecule has 0 bridgehead atoms. The van der Waals surface area contributed by atoms with Gasteiger partial charge in [-0.1, -0.05) is 29.7 Å². The van der Waals surface area contributed by atoms with Crippen LogP contribution < -0.4 is 0 Å². The molecule has 0 fully saturated rings. The fourth-order valence-electron chi connectivity index (χ4n) is 3.09. The molecular weight excluding hydrogens is 260 g/mol. The first-order valence-electron chi connectivity index (χ1n) is 7.25. The van der Waals surface area contributed by atoms with Crippen molar-refractivity contribution in [3.63, 3.8) is 0 Å². The smallest absolute Gasteiger partial charge is 0.124 e. The zero-order valence-electron chi connectivity index (χ0n) is 12.9. The van der Waals surface area contributed by atoms with Crippen LogP contribution in [0.2, 0.25) is 0 Å². The summed E-state index contributed by atoms with van der Waals surface area (Å²) in [6.07, 6.45) is 4.18. The molecule has 0 amide bonds. The Kier molecular flexibility index (Phi) is 4.43. The maximum absolute atomic E-state index is 10.4. The van der Waals surface area contributed by atoms with Crippen LogP contribution in [-0.2, 0) is 0 Å². The van der Waals surface area contributed by atoms with Crippen LogP contribution in [0.15, 0.2) is 35.9 Å². The standard InChI is InChI=1S/C19H22O2/c1-5-6-14-10-17(20)19(18(21)11-14)16-9-13(4)7-8-15(16)12(2)3/h9-11,15-16,20-21H,2,7-8H2,1,3-4H3/t15-,16+/m0/s1. The molecule has 2 atom stereocenters. The summed E-state index contributed by atoms with van der Waals surface area (Å²) in [5.74, 6) is 6.06. The molecule has 2 rings (SSSR count). The summed E-state index contributed by atoms with van der Waals surface area (Å²) >= 11 is 0. The van der Waals surface area contributed by atoms with Gasteiger partial charge in [0.1, 0.15) is 11.5 Å². The summed E-state index contributed by atoms with van der Waals surface area (Å²) in [5.41, 5.74) is 3.58. The van der Waals surface area contributed by atoms with E-state index in [9.17, 15) is 10.2 Å². The SMILES string of the molecule is C=C(C)[C@@H]1CCC(C)=C[C@H]1c1c(O)cc(C#CC)cc1O. The third kappa shape index (κ3) is 3.13. The van der Waals surface area contributed by atoms with Crippen LogP contribution in [0.5, 0.6) is 11.5 Å². The summed E-state index contributed by atoms with van der Waals surface area (Å²) in [5, 5.41) is 20.7. The fourth-order valence-corrected chi connectivity index (χ4v) is 3.09. The molecule has 0 radical (unpaired) electrons. The normalized spacial score (nSPS) is 21.2. The summed E-state index contributed by atoms with van der Waals surface area (Å²) in [4.78, 5) is 0. The van der Waals surface area contributed by atoms with E-state index in [0.717, 1.165) is 18.4 Å². The van der Waals surface area contributed by atoms with Crippen LogP contribution in [0.3, 0.4) is 0 Å². The molecule has 21 heavy (non-hydrogen) atoms. The van der Waals surface area contributed by atoms with E-state index in [4.69, 9.17) is 0 Å². The van der Waals surface area contributed by atoms with Crippen molar-refractivity contribution in [3.05, 3.63) is 47.1 Å². The quantitative estimate of drug-likeness (QED) is 0.620. The van der Waals surface area contributed by atoms with Crippen LogP contribution in [0, 0.1) is 17.8 Å². The largest absolute Gasteiger partial charge is 0.507 e. The van der Waals surface area contributed by atoms with Gasteiger partial charge in [-0.15, -0.1) is 5.92 Å². The van der Waals surface area contributed by atoms with E-state index in [2.05, 4.69) is 31.4 Å². The van der Waals surface area contributed by atoms with Gasteiger partial charge in [-0.25, -0.2) is 0 Å². The van der Waals surface area contributed by atoms with Crippen molar-refractivity contribution >= 4 is 0 Å². The number of benzene rings is 1. The molecule has 2 nitrogen and oxygen atoms in total. The average Bonchev–Trinajstić information content (AvgIpc) is 2.38. The first kappa shape index (κ1) is 15.3. The molecule has 0 spiro atoms. The number of hydrogen-bond acceptors (Lipinski definition) is 2. The molecule has 110 valence electrons. The van der Waals surface area contributed by atoms with Gasteiger partial charge in [-0.2, -0.15) is 0 Å². The van der Waals surface area contributed by atoms with E-state index in [0.29, 0.717) is 11.1 Å². The third-order valence-electron chi connectivity index (χ3n) is 4.12. The highest BCUT2D eigenvalue weighted by molar-refractivity contribution is 5.55. The number of allylic oxidation sites excluding steroid dienone is 3. The lowest BCUT2D eigenvalue weighted by molar-refractivity contribution is 0.407. The van der Waals surface area contributed by atoms with Crippen LogP contribution in [0.4, 0.5) is 0 Å². The highest BCUT2D eigenvalue weighted by atomic mass is 16.3. The third-order valence-corrected chi connectivity index (χ3v) is 4.12.